The highest BCUT2D eigenvalue weighted by atomic mass is 16.5. The number of amides is 2. The Kier molecular flexibility index (Phi) is 4.20. The molecule has 0 N–H and O–H groups in total. The van der Waals surface area contributed by atoms with Gasteiger partial charge in [-0.15, -0.1) is 0 Å². The van der Waals surface area contributed by atoms with Crippen LogP contribution in [-0.4, -0.2) is 36.3 Å². The van der Waals surface area contributed by atoms with Crippen molar-refractivity contribution in [1.29, 1.82) is 0 Å². The van der Waals surface area contributed by atoms with Gasteiger partial charge in [0.1, 0.15) is 0 Å². The van der Waals surface area contributed by atoms with Crippen molar-refractivity contribution in [2.24, 2.45) is 0 Å². The van der Waals surface area contributed by atoms with E-state index in [9.17, 15) is 14.4 Å². The molecule has 1 aliphatic heterocycles. The number of benzene rings is 1. The Balaban J connectivity index is 1.63. The Hall–Kier alpha value is -3.47. The number of nitrogens with zero attached hydrogens (tertiary/aromatic N) is 1. The van der Waals surface area contributed by atoms with Crippen molar-refractivity contribution >= 4 is 17.8 Å². The summed E-state index contributed by atoms with van der Waals surface area (Å²) >= 11 is 0. The minimum atomic E-state index is -0.404. The highest BCUT2D eigenvalue weighted by Gasteiger charge is 2.35. The molecular weight excluding hydrogens is 342 g/mol. The van der Waals surface area contributed by atoms with E-state index in [0.29, 0.717) is 23.1 Å². The molecule has 1 aromatic rings. The van der Waals surface area contributed by atoms with Gasteiger partial charge in [0.15, 0.2) is 0 Å². The van der Waals surface area contributed by atoms with E-state index >= 15 is 0 Å². The van der Waals surface area contributed by atoms with E-state index in [1.807, 2.05) is 30.3 Å². The third-order valence-electron chi connectivity index (χ3n) is 4.88. The standard InChI is InChI=1S/C22H17NO4/c1-27-22(26)19-13-14(15-7-3-2-4-8-16(15)19)11-12-23-20(24)17-9-5-6-10-18(17)21(23)25/h2-10,13H,11-12H2,1H3. The summed E-state index contributed by atoms with van der Waals surface area (Å²) < 4.78 is 4.89. The summed E-state index contributed by atoms with van der Waals surface area (Å²) in [5.41, 5.74) is 3.98. The smallest absolute Gasteiger partial charge is 0.338 e. The van der Waals surface area contributed by atoms with Crippen molar-refractivity contribution in [3.8, 4) is 11.1 Å². The Bertz CT molecular complexity index is 1010. The third-order valence-corrected chi connectivity index (χ3v) is 4.88. The molecule has 0 radical (unpaired) electrons. The highest BCUT2D eigenvalue weighted by Crippen LogP contribution is 2.33. The molecule has 1 heterocycles. The van der Waals surface area contributed by atoms with Gasteiger partial charge in [0, 0.05) is 6.54 Å². The lowest BCUT2D eigenvalue weighted by Crippen LogP contribution is -2.31. The number of hydrogen-bond acceptors (Lipinski definition) is 4. The number of ether oxygens (including phenoxy) is 1. The summed E-state index contributed by atoms with van der Waals surface area (Å²) in [6, 6.07) is 18.1. The molecule has 5 heteroatoms. The molecular formula is C22H17NO4. The van der Waals surface area contributed by atoms with Crippen LogP contribution < -0.4 is 0 Å². The fraction of sp³-hybridized carbons (Fsp3) is 0.136. The minimum absolute atomic E-state index is 0.255. The monoisotopic (exact) mass is 359 g/mol. The number of imide groups is 1. The maximum Gasteiger partial charge on any atom is 0.338 e. The summed E-state index contributed by atoms with van der Waals surface area (Å²) in [7, 11) is 1.35. The summed E-state index contributed by atoms with van der Waals surface area (Å²) in [4.78, 5) is 38.4. The molecule has 0 unspecified atom stereocenters. The zero-order valence-corrected chi connectivity index (χ0v) is 14.8. The van der Waals surface area contributed by atoms with Crippen LogP contribution in [0.4, 0.5) is 0 Å². The van der Waals surface area contributed by atoms with Crippen LogP contribution in [0.3, 0.4) is 0 Å². The molecule has 3 aliphatic rings. The molecule has 0 saturated carbocycles. The van der Waals surface area contributed by atoms with Gasteiger partial charge in [-0.2, -0.15) is 0 Å². The number of esters is 1. The minimum Gasteiger partial charge on any atom is -0.465 e. The zero-order chi connectivity index (χ0) is 19.0. The molecule has 0 bridgehead atoms. The number of carbonyl (C=O) groups excluding carboxylic acids is 3. The maximum atomic E-state index is 12.5. The number of hydrogen-bond donors (Lipinski definition) is 0. The fourth-order valence-corrected chi connectivity index (χ4v) is 3.55. The van der Waals surface area contributed by atoms with Gasteiger partial charge in [0.25, 0.3) is 11.8 Å². The molecule has 1 aromatic carbocycles. The molecule has 5 nitrogen and oxygen atoms in total. The summed E-state index contributed by atoms with van der Waals surface area (Å²) in [6.45, 7) is 0.255. The maximum absolute atomic E-state index is 12.5. The Labute approximate surface area is 156 Å². The van der Waals surface area contributed by atoms with Crippen LogP contribution in [0.5, 0.6) is 0 Å². The van der Waals surface area contributed by atoms with Crippen LogP contribution in [-0.2, 0) is 11.2 Å². The van der Waals surface area contributed by atoms with Gasteiger partial charge < -0.3 is 4.74 Å². The topological polar surface area (TPSA) is 63.7 Å². The van der Waals surface area contributed by atoms with E-state index < -0.39 is 5.97 Å². The number of carbonyl (C=O) groups is 3. The molecule has 0 saturated heterocycles. The molecule has 27 heavy (non-hydrogen) atoms. The van der Waals surface area contributed by atoms with Crippen LogP contribution in [0.1, 0.15) is 36.6 Å². The van der Waals surface area contributed by atoms with Crippen molar-refractivity contribution in [2.45, 2.75) is 6.42 Å². The first-order chi connectivity index (χ1) is 13.1. The second-order valence-electron chi connectivity index (χ2n) is 6.37. The first kappa shape index (κ1) is 17.0. The number of methoxy groups -OCH3 is 1. The Morgan fingerprint density at radius 1 is 0.852 bits per heavy atom. The summed E-state index contributed by atoms with van der Waals surface area (Å²) in [6.07, 6.45) is 0.461. The number of fused-ring (bicyclic) bond motifs is 2. The molecule has 134 valence electrons. The molecule has 0 aromatic heterocycles. The number of rotatable bonds is 4. The first-order valence-electron chi connectivity index (χ1n) is 8.66. The van der Waals surface area contributed by atoms with E-state index in [2.05, 4.69) is 0 Å². The van der Waals surface area contributed by atoms with Crippen molar-refractivity contribution in [3.63, 3.8) is 0 Å². The Morgan fingerprint density at radius 2 is 1.41 bits per heavy atom. The average molecular weight is 359 g/mol. The van der Waals surface area contributed by atoms with Crippen LogP contribution in [0, 0.1) is 0 Å². The molecule has 0 spiro atoms. The second-order valence-corrected chi connectivity index (χ2v) is 6.37. The SMILES string of the molecule is COC(=O)c1cc(CCN2C(=O)c3ccccc3C2=O)c2cccccc1-2. The quantitative estimate of drug-likeness (QED) is 0.529. The van der Waals surface area contributed by atoms with Crippen molar-refractivity contribution in [1.82, 2.24) is 4.90 Å². The molecule has 0 fully saturated rings. The van der Waals surface area contributed by atoms with Gasteiger partial charge in [0.2, 0.25) is 0 Å². The second kappa shape index (κ2) is 6.68. The van der Waals surface area contributed by atoms with Crippen molar-refractivity contribution < 1.29 is 19.1 Å². The lowest BCUT2D eigenvalue weighted by molar-refractivity contribution is 0.0599. The van der Waals surface area contributed by atoms with E-state index in [4.69, 9.17) is 4.74 Å². The third kappa shape index (κ3) is 2.77. The van der Waals surface area contributed by atoms with Crippen molar-refractivity contribution in [3.05, 3.63) is 82.9 Å². The van der Waals surface area contributed by atoms with Crippen LogP contribution >= 0.6 is 0 Å². The largest absolute Gasteiger partial charge is 0.465 e. The van der Waals surface area contributed by atoms with E-state index in [1.165, 1.54) is 12.0 Å². The zero-order valence-electron chi connectivity index (χ0n) is 14.8. The molecule has 4 rings (SSSR count). The average Bonchev–Trinajstić information content (AvgIpc) is 3.02. The summed E-state index contributed by atoms with van der Waals surface area (Å²) in [5.74, 6) is -0.950. The van der Waals surface area contributed by atoms with Gasteiger partial charge in [-0.1, -0.05) is 42.5 Å². The lowest BCUT2D eigenvalue weighted by Gasteiger charge is -2.13. The lowest BCUT2D eigenvalue weighted by atomic mass is 10.1. The van der Waals surface area contributed by atoms with Gasteiger partial charge >= 0.3 is 5.97 Å². The van der Waals surface area contributed by atoms with Gasteiger partial charge in [0.05, 0.1) is 23.8 Å². The van der Waals surface area contributed by atoms with Crippen molar-refractivity contribution in [2.75, 3.05) is 13.7 Å². The predicted molar refractivity (Wildman–Crippen MR) is 99.9 cm³/mol. The fourth-order valence-electron chi connectivity index (χ4n) is 3.55. The Morgan fingerprint density at radius 3 is 2.04 bits per heavy atom. The van der Waals surface area contributed by atoms with Gasteiger partial charge in [-0.25, -0.2) is 4.79 Å². The van der Waals surface area contributed by atoms with E-state index in [-0.39, 0.29) is 18.4 Å². The van der Waals surface area contributed by atoms with E-state index in [1.54, 1.807) is 30.3 Å². The van der Waals surface area contributed by atoms with Crippen LogP contribution in [0.25, 0.3) is 11.1 Å². The van der Waals surface area contributed by atoms with Gasteiger partial charge in [-0.05, 0) is 41.3 Å². The summed E-state index contributed by atoms with van der Waals surface area (Å²) in [5, 5.41) is 0. The van der Waals surface area contributed by atoms with Crippen LogP contribution in [0.2, 0.25) is 0 Å². The van der Waals surface area contributed by atoms with E-state index in [0.717, 1.165) is 16.7 Å². The molecule has 2 amide bonds. The predicted octanol–water partition coefficient (Wildman–Crippen LogP) is 3.42. The first-order valence-corrected chi connectivity index (χ1v) is 8.66. The van der Waals surface area contributed by atoms with Gasteiger partial charge in [-0.3, -0.25) is 14.5 Å². The molecule has 0 atom stereocenters. The normalized spacial score (nSPS) is 13.1. The highest BCUT2D eigenvalue weighted by molar-refractivity contribution is 6.21. The molecule has 2 aliphatic carbocycles. The van der Waals surface area contributed by atoms with Crippen LogP contribution in [0.15, 0.2) is 60.7 Å².